The maximum atomic E-state index is 13.2. The van der Waals surface area contributed by atoms with Gasteiger partial charge in [0, 0.05) is 19.1 Å². The van der Waals surface area contributed by atoms with E-state index < -0.39 is 12.1 Å². The molecule has 2 unspecified atom stereocenters. The molecule has 1 saturated heterocycles. The predicted molar refractivity (Wildman–Crippen MR) is 49.9 cm³/mol. The molecule has 1 fully saturated rings. The number of carboxylic acids is 1. The lowest BCUT2D eigenvalue weighted by atomic mass is 9.81. The molecule has 0 spiro atoms. The van der Waals surface area contributed by atoms with Gasteiger partial charge in [-0.15, -0.1) is 0 Å². The van der Waals surface area contributed by atoms with Crippen LogP contribution in [-0.4, -0.2) is 30.5 Å². The lowest BCUT2D eigenvalue weighted by Crippen LogP contribution is -2.30. The number of aliphatic carboxylic acids is 1. The molecule has 1 heterocycles. The monoisotopic (exact) mass is 204 g/mol. The average molecular weight is 204 g/mol. The van der Waals surface area contributed by atoms with Crippen LogP contribution in [-0.2, 0) is 9.53 Å². The van der Waals surface area contributed by atoms with Gasteiger partial charge in [-0.2, -0.15) is 0 Å². The zero-order chi connectivity index (χ0) is 10.6. The van der Waals surface area contributed by atoms with Crippen LogP contribution in [0.4, 0.5) is 4.39 Å². The summed E-state index contributed by atoms with van der Waals surface area (Å²) in [5, 5.41) is 8.67. The lowest BCUT2D eigenvalue weighted by Gasteiger charge is -2.30. The second-order valence-electron chi connectivity index (χ2n) is 3.89. The van der Waals surface area contributed by atoms with Crippen molar-refractivity contribution in [2.75, 3.05) is 13.2 Å². The van der Waals surface area contributed by atoms with E-state index in [9.17, 15) is 9.18 Å². The lowest BCUT2D eigenvalue weighted by molar-refractivity contribution is -0.139. The Hall–Kier alpha value is -0.640. The third-order valence-electron chi connectivity index (χ3n) is 2.87. The Morgan fingerprint density at radius 3 is 2.57 bits per heavy atom. The summed E-state index contributed by atoms with van der Waals surface area (Å²) in [4.78, 5) is 10.6. The van der Waals surface area contributed by atoms with Crippen LogP contribution in [0.1, 0.15) is 26.2 Å². The highest BCUT2D eigenvalue weighted by Crippen LogP contribution is 2.30. The number of ether oxygens (including phenoxy) is 1. The summed E-state index contributed by atoms with van der Waals surface area (Å²) in [5.41, 5.74) is 0. The molecule has 1 N–H and O–H groups in total. The van der Waals surface area contributed by atoms with E-state index >= 15 is 0 Å². The Kier molecular flexibility index (Phi) is 4.32. The van der Waals surface area contributed by atoms with Gasteiger partial charge in [-0.1, -0.05) is 0 Å². The van der Waals surface area contributed by atoms with E-state index in [2.05, 4.69) is 0 Å². The molecule has 1 aliphatic rings. The van der Waals surface area contributed by atoms with Crippen molar-refractivity contribution >= 4 is 5.97 Å². The van der Waals surface area contributed by atoms with Crippen molar-refractivity contribution in [3.8, 4) is 0 Å². The molecule has 0 saturated carbocycles. The Morgan fingerprint density at radius 2 is 2.14 bits per heavy atom. The number of carboxylic acid groups (broad SMARTS) is 1. The molecular weight excluding hydrogens is 187 g/mol. The fourth-order valence-electron chi connectivity index (χ4n) is 2.05. The van der Waals surface area contributed by atoms with Crippen molar-refractivity contribution in [3.63, 3.8) is 0 Å². The topological polar surface area (TPSA) is 46.5 Å². The highest BCUT2D eigenvalue weighted by Gasteiger charge is 2.30. The fourth-order valence-corrected chi connectivity index (χ4v) is 2.05. The predicted octanol–water partition coefficient (Wildman–Crippen LogP) is 1.86. The summed E-state index contributed by atoms with van der Waals surface area (Å²) in [6, 6.07) is 0. The van der Waals surface area contributed by atoms with E-state index in [4.69, 9.17) is 9.84 Å². The number of hydrogen-bond acceptors (Lipinski definition) is 2. The van der Waals surface area contributed by atoms with Crippen molar-refractivity contribution in [1.29, 1.82) is 0 Å². The van der Waals surface area contributed by atoms with Gasteiger partial charge in [-0.25, -0.2) is 4.39 Å². The number of alkyl halides is 1. The maximum absolute atomic E-state index is 13.2. The van der Waals surface area contributed by atoms with Crippen LogP contribution < -0.4 is 0 Å². The molecule has 14 heavy (non-hydrogen) atoms. The summed E-state index contributed by atoms with van der Waals surface area (Å²) in [6.07, 6.45) is 0.454. The second-order valence-corrected chi connectivity index (χ2v) is 3.89. The minimum absolute atomic E-state index is 0.0671. The van der Waals surface area contributed by atoms with Gasteiger partial charge in [0.1, 0.15) is 6.17 Å². The highest BCUT2D eigenvalue weighted by molar-refractivity contribution is 5.67. The second kappa shape index (κ2) is 5.29. The first-order valence-electron chi connectivity index (χ1n) is 5.05. The Bertz CT molecular complexity index is 188. The van der Waals surface area contributed by atoms with Crippen LogP contribution in [0.5, 0.6) is 0 Å². The molecule has 0 aliphatic carbocycles. The molecule has 0 aromatic heterocycles. The highest BCUT2D eigenvalue weighted by atomic mass is 19.1. The van der Waals surface area contributed by atoms with Crippen LogP contribution in [0.2, 0.25) is 0 Å². The molecule has 1 rings (SSSR count). The van der Waals surface area contributed by atoms with Gasteiger partial charge in [0.15, 0.2) is 0 Å². The standard InChI is InChI=1S/C10H17FO3/c1-7(11)9(6-10(12)13)8-2-4-14-5-3-8/h7-9H,2-6H2,1H3,(H,12,13). The van der Waals surface area contributed by atoms with Gasteiger partial charge in [-0.3, -0.25) is 4.79 Å². The minimum Gasteiger partial charge on any atom is -0.481 e. The van der Waals surface area contributed by atoms with Crippen molar-refractivity contribution in [2.24, 2.45) is 11.8 Å². The summed E-state index contributed by atoms with van der Waals surface area (Å²) in [6.45, 7) is 2.71. The van der Waals surface area contributed by atoms with Crippen molar-refractivity contribution in [1.82, 2.24) is 0 Å². The normalized spacial score (nSPS) is 23.0. The van der Waals surface area contributed by atoms with E-state index in [1.54, 1.807) is 0 Å². The zero-order valence-electron chi connectivity index (χ0n) is 8.41. The molecule has 0 radical (unpaired) electrons. The summed E-state index contributed by atoms with van der Waals surface area (Å²) < 4.78 is 18.4. The molecule has 0 aromatic rings. The molecule has 82 valence electrons. The molecule has 1 aliphatic heterocycles. The minimum atomic E-state index is -1.05. The van der Waals surface area contributed by atoms with Crippen LogP contribution in [0, 0.1) is 11.8 Å². The first kappa shape index (κ1) is 11.4. The fraction of sp³-hybridized carbons (Fsp3) is 0.900. The van der Waals surface area contributed by atoms with Gasteiger partial charge < -0.3 is 9.84 Å². The van der Waals surface area contributed by atoms with E-state index in [0.717, 1.165) is 12.8 Å². The maximum Gasteiger partial charge on any atom is 0.303 e. The van der Waals surface area contributed by atoms with Crippen LogP contribution >= 0.6 is 0 Å². The molecule has 3 nitrogen and oxygen atoms in total. The number of rotatable bonds is 4. The molecule has 0 bridgehead atoms. The Morgan fingerprint density at radius 1 is 1.57 bits per heavy atom. The van der Waals surface area contributed by atoms with Gasteiger partial charge in [0.25, 0.3) is 0 Å². The van der Waals surface area contributed by atoms with Gasteiger partial charge in [-0.05, 0) is 25.7 Å². The Balaban J connectivity index is 2.51. The SMILES string of the molecule is CC(F)C(CC(=O)O)C1CCOCC1. The third-order valence-corrected chi connectivity index (χ3v) is 2.87. The van der Waals surface area contributed by atoms with Crippen LogP contribution in [0.25, 0.3) is 0 Å². The first-order valence-corrected chi connectivity index (χ1v) is 5.05. The van der Waals surface area contributed by atoms with E-state index in [-0.39, 0.29) is 18.3 Å². The zero-order valence-corrected chi connectivity index (χ0v) is 8.41. The van der Waals surface area contributed by atoms with Gasteiger partial charge in [0.2, 0.25) is 0 Å². The summed E-state index contributed by atoms with van der Waals surface area (Å²) in [7, 11) is 0. The quantitative estimate of drug-likeness (QED) is 0.760. The van der Waals surface area contributed by atoms with Crippen molar-refractivity contribution in [2.45, 2.75) is 32.4 Å². The number of hydrogen-bond donors (Lipinski definition) is 1. The summed E-state index contributed by atoms with van der Waals surface area (Å²) in [5.74, 6) is -1.10. The average Bonchev–Trinajstić information content (AvgIpc) is 2.15. The van der Waals surface area contributed by atoms with Crippen molar-refractivity contribution < 1.29 is 19.0 Å². The molecular formula is C10H17FO3. The largest absolute Gasteiger partial charge is 0.481 e. The van der Waals surface area contributed by atoms with Gasteiger partial charge in [0.05, 0.1) is 6.42 Å². The Labute approximate surface area is 83.3 Å². The van der Waals surface area contributed by atoms with Crippen LogP contribution in [0.15, 0.2) is 0 Å². The summed E-state index contributed by atoms with van der Waals surface area (Å²) >= 11 is 0. The molecule has 0 aromatic carbocycles. The van der Waals surface area contributed by atoms with Gasteiger partial charge >= 0.3 is 5.97 Å². The smallest absolute Gasteiger partial charge is 0.303 e. The number of halogens is 1. The molecule has 0 amide bonds. The van der Waals surface area contributed by atoms with E-state index in [1.807, 2.05) is 0 Å². The van der Waals surface area contributed by atoms with Crippen molar-refractivity contribution in [3.05, 3.63) is 0 Å². The van der Waals surface area contributed by atoms with Crippen LogP contribution in [0.3, 0.4) is 0 Å². The molecule has 4 heteroatoms. The molecule has 2 atom stereocenters. The van der Waals surface area contributed by atoms with E-state index in [0.29, 0.717) is 13.2 Å². The third kappa shape index (κ3) is 3.25. The number of carbonyl (C=O) groups is 1. The first-order chi connectivity index (χ1) is 6.61. The van der Waals surface area contributed by atoms with E-state index in [1.165, 1.54) is 6.92 Å².